The molecule has 0 spiro atoms. The van der Waals surface area contributed by atoms with Crippen LogP contribution >= 0.6 is 0 Å². The van der Waals surface area contributed by atoms with Crippen molar-refractivity contribution in [2.24, 2.45) is 5.41 Å². The van der Waals surface area contributed by atoms with Gasteiger partial charge < -0.3 is 14.9 Å². The van der Waals surface area contributed by atoms with Crippen LogP contribution in [0.25, 0.3) is 5.78 Å². The molecule has 2 aromatic heterocycles. The molecular formula is C16H22N6O2. The molecule has 0 bridgehead atoms. The van der Waals surface area contributed by atoms with E-state index in [4.69, 9.17) is 0 Å². The topological polar surface area (TPSA) is 86.9 Å². The summed E-state index contributed by atoms with van der Waals surface area (Å²) in [5.41, 5.74) is -0.0856. The highest BCUT2D eigenvalue weighted by Gasteiger charge is 2.47. The number of carbonyl (C=O) groups is 1. The summed E-state index contributed by atoms with van der Waals surface area (Å²) in [6, 6.07) is 1.94. The third-order valence-electron chi connectivity index (χ3n) is 5.61. The largest absolute Gasteiger partial charge is 0.396 e. The lowest BCUT2D eigenvalue weighted by molar-refractivity contribution is -0.0603. The van der Waals surface area contributed by atoms with Crippen LogP contribution in [0.4, 0.5) is 0 Å². The van der Waals surface area contributed by atoms with Gasteiger partial charge in [-0.2, -0.15) is 4.98 Å². The van der Waals surface area contributed by atoms with Crippen molar-refractivity contribution < 1.29 is 9.90 Å². The molecule has 8 heteroatoms. The molecule has 2 atom stereocenters. The Morgan fingerprint density at radius 1 is 1.42 bits per heavy atom. The monoisotopic (exact) mass is 330 g/mol. The Morgan fingerprint density at radius 3 is 3.08 bits per heavy atom. The van der Waals surface area contributed by atoms with E-state index >= 15 is 0 Å². The maximum Gasteiger partial charge on any atom is 0.293 e. The highest BCUT2D eigenvalue weighted by molar-refractivity contribution is 5.91. The number of aliphatic hydroxyl groups is 1. The van der Waals surface area contributed by atoms with E-state index in [1.807, 2.05) is 4.90 Å². The van der Waals surface area contributed by atoms with Crippen molar-refractivity contribution in [2.75, 3.05) is 33.3 Å². The van der Waals surface area contributed by atoms with Gasteiger partial charge in [-0.25, -0.2) is 9.50 Å². The first-order chi connectivity index (χ1) is 11.6. The molecule has 128 valence electrons. The van der Waals surface area contributed by atoms with Crippen LogP contribution in [0.15, 0.2) is 18.5 Å². The standard InChI is InChI=1S/C16H22N6O2/c1-20-7-2-4-16(11-23)5-9-21(10-12(16)20)14(24)13-18-15-17-6-3-8-22(15)19-13/h3,6,8,12,23H,2,4-5,7,9-11H2,1H3/t12-,16-/m1/s1. The molecule has 4 heterocycles. The lowest BCUT2D eigenvalue weighted by Crippen LogP contribution is -2.62. The van der Waals surface area contributed by atoms with E-state index in [0.29, 0.717) is 18.9 Å². The van der Waals surface area contributed by atoms with Crippen LogP contribution < -0.4 is 0 Å². The molecule has 0 unspecified atom stereocenters. The number of aromatic nitrogens is 4. The van der Waals surface area contributed by atoms with Gasteiger partial charge in [-0.1, -0.05) is 0 Å². The van der Waals surface area contributed by atoms with Crippen molar-refractivity contribution >= 4 is 11.7 Å². The number of aliphatic hydroxyl groups excluding tert-OH is 1. The summed E-state index contributed by atoms with van der Waals surface area (Å²) in [5.74, 6) is 0.451. The van der Waals surface area contributed by atoms with Gasteiger partial charge in [0.25, 0.3) is 11.7 Å². The highest BCUT2D eigenvalue weighted by atomic mass is 16.3. The molecule has 2 aliphatic rings. The number of rotatable bonds is 2. The molecule has 24 heavy (non-hydrogen) atoms. The minimum atomic E-state index is -0.161. The number of piperidine rings is 2. The lowest BCUT2D eigenvalue weighted by atomic mass is 9.69. The van der Waals surface area contributed by atoms with E-state index in [1.54, 1.807) is 18.5 Å². The van der Waals surface area contributed by atoms with Gasteiger partial charge in [0.1, 0.15) is 0 Å². The van der Waals surface area contributed by atoms with Crippen molar-refractivity contribution in [1.82, 2.24) is 29.4 Å². The highest BCUT2D eigenvalue weighted by Crippen LogP contribution is 2.41. The van der Waals surface area contributed by atoms with Gasteiger partial charge in [-0.05, 0) is 38.9 Å². The molecular weight excluding hydrogens is 308 g/mol. The fourth-order valence-electron chi connectivity index (χ4n) is 4.17. The maximum atomic E-state index is 12.8. The second-order valence-corrected chi connectivity index (χ2v) is 6.92. The van der Waals surface area contributed by atoms with Gasteiger partial charge in [0.15, 0.2) is 0 Å². The van der Waals surface area contributed by atoms with Crippen molar-refractivity contribution in [3.63, 3.8) is 0 Å². The van der Waals surface area contributed by atoms with Crippen LogP contribution in [0, 0.1) is 5.41 Å². The number of amides is 1. The van der Waals surface area contributed by atoms with Gasteiger partial charge in [-0.3, -0.25) is 4.79 Å². The van der Waals surface area contributed by atoms with Gasteiger partial charge in [0.05, 0.1) is 6.61 Å². The molecule has 0 aliphatic carbocycles. The summed E-state index contributed by atoms with van der Waals surface area (Å²) in [6.07, 6.45) is 6.30. The van der Waals surface area contributed by atoms with E-state index in [-0.39, 0.29) is 29.8 Å². The average Bonchev–Trinajstić information content (AvgIpc) is 3.05. The minimum absolute atomic E-state index is 0.0856. The van der Waals surface area contributed by atoms with Gasteiger partial charge in [0.2, 0.25) is 5.82 Å². The predicted octanol–water partition coefficient (Wildman–Crippen LogP) is 0.0431. The lowest BCUT2D eigenvalue weighted by Gasteiger charge is -2.53. The SMILES string of the molecule is CN1CCC[C@]2(CO)CCN(C(=O)c3nc4ncccn4n3)C[C@@H]12. The summed E-state index contributed by atoms with van der Waals surface area (Å²) in [4.78, 5) is 25.3. The zero-order chi connectivity index (χ0) is 16.7. The maximum absolute atomic E-state index is 12.8. The normalized spacial score (nSPS) is 28.1. The Balaban J connectivity index is 1.57. The Kier molecular flexibility index (Phi) is 3.73. The van der Waals surface area contributed by atoms with E-state index in [1.165, 1.54) is 4.52 Å². The summed E-state index contributed by atoms with van der Waals surface area (Å²) < 4.78 is 1.52. The van der Waals surface area contributed by atoms with Crippen LogP contribution in [0.5, 0.6) is 0 Å². The molecule has 2 aliphatic heterocycles. The molecule has 0 saturated carbocycles. The van der Waals surface area contributed by atoms with Gasteiger partial charge >= 0.3 is 0 Å². The van der Waals surface area contributed by atoms with Gasteiger partial charge in [-0.15, -0.1) is 5.10 Å². The third-order valence-corrected chi connectivity index (χ3v) is 5.61. The molecule has 8 nitrogen and oxygen atoms in total. The van der Waals surface area contributed by atoms with E-state index in [0.717, 1.165) is 25.8 Å². The van der Waals surface area contributed by atoms with Crippen LogP contribution in [0.2, 0.25) is 0 Å². The molecule has 2 aromatic rings. The molecule has 2 fully saturated rings. The van der Waals surface area contributed by atoms with Crippen LogP contribution in [0.3, 0.4) is 0 Å². The second kappa shape index (κ2) is 5.78. The number of hydrogen-bond donors (Lipinski definition) is 1. The van der Waals surface area contributed by atoms with Crippen molar-refractivity contribution in [3.8, 4) is 0 Å². The van der Waals surface area contributed by atoms with Crippen molar-refractivity contribution in [1.29, 1.82) is 0 Å². The van der Waals surface area contributed by atoms with Crippen molar-refractivity contribution in [3.05, 3.63) is 24.3 Å². The van der Waals surface area contributed by atoms with Gasteiger partial charge in [0, 0.05) is 36.9 Å². The smallest absolute Gasteiger partial charge is 0.293 e. The summed E-state index contributed by atoms with van der Waals surface area (Å²) in [7, 11) is 2.08. The molecule has 0 aromatic carbocycles. The first kappa shape index (κ1) is 15.5. The molecule has 4 rings (SSSR count). The van der Waals surface area contributed by atoms with Crippen molar-refractivity contribution in [2.45, 2.75) is 25.3 Å². The number of fused-ring (bicyclic) bond motifs is 2. The zero-order valence-corrected chi connectivity index (χ0v) is 13.8. The quantitative estimate of drug-likeness (QED) is 0.837. The third kappa shape index (κ3) is 2.37. The first-order valence-electron chi connectivity index (χ1n) is 8.41. The molecule has 1 N–H and O–H groups in total. The fraction of sp³-hybridized carbons (Fsp3) is 0.625. The zero-order valence-electron chi connectivity index (χ0n) is 13.8. The fourth-order valence-corrected chi connectivity index (χ4v) is 4.17. The number of hydrogen-bond acceptors (Lipinski definition) is 6. The van der Waals surface area contributed by atoms with E-state index in [9.17, 15) is 9.90 Å². The predicted molar refractivity (Wildman–Crippen MR) is 86.5 cm³/mol. The average molecular weight is 330 g/mol. The van der Waals surface area contributed by atoms with E-state index < -0.39 is 0 Å². The Morgan fingerprint density at radius 2 is 2.29 bits per heavy atom. The van der Waals surface area contributed by atoms with E-state index in [2.05, 4.69) is 27.0 Å². The Hall–Kier alpha value is -2.06. The number of nitrogens with zero attached hydrogens (tertiary/aromatic N) is 6. The molecule has 2 saturated heterocycles. The molecule has 1 amide bonds. The molecule has 0 radical (unpaired) electrons. The summed E-state index contributed by atoms with van der Waals surface area (Å²) in [5, 5.41) is 14.2. The number of carbonyl (C=O) groups excluding carboxylic acids is 1. The number of likely N-dealkylation sites (N-methyl/N-ethyl adjacent to an activating group) is 1. The van der Waals surface area contributed by atoms with Crippen LogP contribution in [-0.4, -0.2) is 79.7 Å². The van der Waals surface area contributed by atoms with Crippen LogP contribution in [0.1, 0.15) is 29.9 Å². The second-order valence-electron chi connectivity index (χ2n) is 6.92. The Bertz CT molecular complexity index is 729. The number of likely N-dealkylation sites (tertiary alicyclic amines) is 2. The first-order valence-corrected chi connectivity index (χ1v) is 8.41. The van der Waals surface area contributed by atoms with Crippen LogP contribution in [-0.2, 0) is 0 Å². The Labute approximate surface area is 140 Å². The minimum Gasteiger partial charge on any atom is -0.396 e. The summed E-state index contributed by atoms with van der Waals surface area (Å²) >= 11 is 0. The summed E-state index contributed by atoms with van der Waals surface area (Å²) in [6.45, 7) is 2.43.